The molecule has 2 aromatic rings. The van der Waals surface area contributed by atoms with Crippen molar-refractivity contribution in [1.82, 2.24) is 19.5 Å². The lowest BCUT2D eigenvalue weighted by molar-refractivity contribution is -0.246. The van der Waals surface area contributed by atoms with Crippen molar-refractivity contribution in [2.24, 2.45) is 0 Å². The van der Waals surface area contributed by atoms with E-state index in [1.165, 1.54) is 10.9 Å². The molecule has 5 heterocycles. The number of aliphatic hydroxyl groups is 3. The van der Waals surface area contributed by atoms with E-state index in [4.69, 9.17) is 19.9 Å². The van der Waals surface area contributed by atoms with E-state index < -0.39 is 78.0 Å². The lowest BCUT2D eigenvalue weighted by Crippen LogP contribution is -2.43. The summed E-state index contributed by atoms with van der Waals surface area (Å²) in [6.45, 7) is -1.78. The minimum atomic E-state index is -5.49. The molecule has 20 heteroatoms. The summed E-state index contributed by atoms with van der Waals surface area (Å²) in [6.07, 6.45) is -9.60. The van der Waals surface area contributed by atoms with E-state index in [2.05, 4.69) is 28.3 Å². The number of nitrogens with two attached hydrogens (primary N) is 1. The summed E-state index contributed by atoms with van der Waals surface area (Å²) in [6, 6.07) is 0. The Morgan fingerprint density at radius 2 is 1.63 bits per heavy atom. The summed E-state index contributed by atoms with van der Waals surface area (Å²) in [5.41, 5.74) is 6.15. The van der Waals surface area contributed by atoms with Crippen LogP contribution in [0, 0.1) is 0 Å². The highest BCUT2D eigenvalue weighted by Gasteiger charge is 2.52. The van der Waals surface area contributed by atoms with E-state index in [1.54, 1.807) is 0 Å². The second kappa shape index (κ2) is 9.04. The number of ether oxygens (including phenoxy) is 3. The maximum absolute atomic E-state index is 12.1. The first-order chi connectivity index (χ1) is 16.5. The number of fused-ring (bicyclic) bond motifs is 4. The van der Waals surface area contributed by atoms with Gasteiger partial charge in [0, 0.05) is 0 Å². The molecule has 3 aliphatic heterocycles. The number of anilines is 1. The molecule has 2 aromatic heterocycles. The number of aromatic nitrogens is 4. The summed E-state index contributed by atoms with van der Waals surface area (Å²) in [4.78, 5) is 35.9. The second-order valence-corrected chi connectivity index (χ2v) is 10.8. The summed E-state index contributed by atoms with van der Waals surface area (Å²) < 4.78 is 55.0. The summed E-state index contributed by atoms with van der Waals surface area (Å²) in [5.74, 6) is 0.0552. The highest BCUT2D eigenvalue weighted by molar-refractivity contribution is 7.59. The van der Waals surface area contributed by atoms with E-state index in [9.17, 15) is 34.2 Å². The number of nitrogens with zero attached hydrogens (tertiary/aromatic N) is 4. The van der Waals surface area contributed by atoms with Gasteiger partial charge in [-0.15, -0.1) is 0 Å². The molecule has 3 aliphatic rings. The number of hydrogen-bond acceptors (Lipinski definition) is 17. The van der Waals surface area contributed by atoms with Crippen molar-refractivity contribution < 1.29 is 61.8 Å². The maximum atomic E-state index is 12.1. The molecule has 0 radical (unpaired) electrons. The van der Waals surface area contributed by atoms with Gasteiger partial charge in [0.05, 0.1) is 19.5 Å². The zero-order valence-electron chi connectivity index (χ0n) is 17.4. The number of rotatable bonds is 1. The summed E-state index contributed by atoms with van der Waals surface area (Å²) in [5, 5.41) is 31.5. The molecule has 0 saturated carbocycles. The molecular formula is C15H19N5O13P2-2. The molecule has 5 N–H and O–H groups in total. The number of aliphatic hydroxyl groups excluding tert-OH is 3. The van der Waals surface area contributed by atoms with Gasteiger partial charge in [0.15, 0.2) is 24.0 Å². The second-order valence-electron chi connectivity index (χ2n) is 7.83. The monoisotopic (exact) mass is 539 g/mol. The quantitative estimate of drug-likeness (QED) is 0.256. The topological polar surface area (TPSA) is 266 Å². The molecule has 0 aliphatic carbocycles. The first-order valence-corrected chi connectivity index (χ1v) is 12.9. The van der Waals surface area contributed by atoms with Crippen LogP contribution < -0.4 is 15.5 Å². The molecule has 10 atom stereocenters. The molecular weight excluding hydrogens is 520 g/mol. The van der Waals surface area contributed by atoms with Crippen molar-refractivity contribution in [2.75, 3.05) is 18.9 Å². The number of phosphoric acid groups is 2. The Hall–Kier alpha value is -1.63. The molecule has 18 nitrogen and oxygen atoms in total. The van der Waals surface area contributed by atoms with Crippen molar-refractivity contribution in [3.63, 3.8) is 0 Å². The van der Waals surface area contributed by atoms with Gasteiger partial charge in [-0.05, 0) is 0 Å². The van der Waals surface area contributed by atoms with E-state index in [1.807, 2.05) is 0 Å². The lowest BCUT2D eigenvalue weighted by Gasteiger charge is -2.32. The minimum absolute atomic E-state index is 0.0552. The normalized spacial score (nSPS) is 44.9. The third-order valence-electron chi connectivity index (χ3n) is 5.57. The smallest absolute Gasteiger partial charge is 0.274 e. The number of hydrogen-bond donors (Lipinski definition) is 4. The molecule has 3 saturated heterocycles. The van der Waals surface area contributed by atoms with Crippen LogP contribution >= 0.6 is 15.6 Å². The first kappa shape index (κ1) is 25.0. The molecule has 35 heavy (non-hydrogen) atoms. The van der Waals surface area contributed by atoms with Gasteiger partial charge in [-0.25, -0.2) is 19.3 Å². The SMILES string of the molecule is Nc1ncnc2c1ncn2[C@@H]1O[C@@H]2COP(=O)([O-])OP(=O)([O-])OC[C@H]3O[C@@H](O[C@H]2[C@H]1O)[C@H](O)[C@@H]3O. The third-order valence-corrected chi connectivity index (χ3v) is 8.10. The summed E-state index contributed by atoms with van der Waals surface area (Å²) >= 11 is 0. The number of phosphoric ester groups is 2. The van der Waals surface area contributed by atoms with Gasteiger partial charge in [0.1, 0.15) is 48.5 Å². The number of nitrogen functional groups attached to an aromatic ring is 1. The van der Waals surface area contributed by atoms with Crippen LogP contribution in [0.5, 0.6) is 0 Å². The van der Waals surface area contributed by atoms with E-state index in [-0.39, 0.29) is 17.0 Å². The van der Waals surface area contributed by atoms with Gasteiger partial charge in [0.25, 0.3) is 15.6 Å². The zero-order valence-corrected chi connectivity index (χ0v) is 19.2. The first-order valence-electron chi connectivity index (χ1n) is 10.0. The molecule has 2 unspecified atom stereocenters. The van der Waals surface area contributed by atoms with Gasteiger partial charge >= 0.3 is 0 Å². The van der Waals surface area contributed by atoms with E-state index in [0.717, 1.165) is 6.33 Å². The molecule has 0 amide bonds. The minimum Gasteiger partial charge on any atom is -0.756 e. The Kier molecular flexibility index (Phi) is 6.46. The van der Waals surface area contributed by atoms with Crippen molar-refractivity contribution in [2.45, 2.75) is 49.1 Å². The van der Waals surface area contributed by atoms with Crippen LogP contribution in [0.25, 0.3) is 11.2 Å². The van der Waals surface area contributed by atoms with Gasteiger partial charge < -0.3 is 54.1 Å². The van der Waals surface area contributed by atoms with E-state index >= 15 is 0 Å². The Balaban J connectivity index is 1.48. The number of imidazole rings is 1. The average Bonchev–Trinajstić information content (AvgIpc) is 3.42. The maximum Gasteiger partial charge on any atom is 0.274 e. The fourth-order valence-corrected chi connectivity index (χ4v) is 5.94. The summed E-state index contributed by atoms with van der Waals surface area (Å²) in [7, 11) is -11.0. The van der Waals surface area contributed by atoms with Crippen LogP contribution in [0.1, 0.15) is 6.23 Å². The van der Waals surface area contributed by atoms with Crippen LogP contribution in [0.3, 0.4) is 0 Å². The highest BCUT2D eigenvalue weighted by Crippen LogP contribution is 2.56. The van der Waals surface area contributed by atoms with Crippen molar-refractivity contribution in [3.05, 3.63) is 12.7 Å². The van der Waals surface area contributed by atoms with Gasteiger partial charge in [-0.2, -0.15) is 0 Å². The molecule has 0 spiro atoms. The molecule has 3 fully saturated rings. The van der Waals surface area contributed by atoms with Crippen molar-refractivity contribution in [1.29, 1.82) is 0 Å². The standard InChI is InChI=1S/C15H21N5O13P2/c16-12-7-13(18-3-17-12)20(4-19-7)14-10(23)11-6(30-14)2-29-35(26,27)33-34(24,25)28-1-5-8(21)9(22)15(31-5)32-11/h3-6,8-11,14-15,21-23H,1-2H2,(H,24,25)(H,26,27)(H2,16,17,18)/p-2/t5-,6-,8-,9-,10-,11-,14-,15+/m1/s1. The van der Waals surface area contributed by atoms with Crippen LogP contribution in [0.2, 0.25) is 0 Å². The Labute approximate surface area is 195 Å². The van der Waals surface area contributed by atoms with Gasteiger partial charge in [-0.1, -0.05) is 0 Å². The van der Waals surface area contributed by atoms with Crippen molar-refractivity contribution in [3.8, 4) is 0 Å². The lowest BCUT2D eigenvalue weighted by atomic mass is 10.1. The van der Waals surface area contributed by atoms with Gasteiger partial charge in [0.2, 0.25) is 0 Å². The zero-order chi connectivity index (χ0) is 25.1. The average molecular weight is 539 g/mol. The Bertz CT molecular complexity index is 1200. The Morgan fingerprint density at radius 1 is 0.943 bits per heavy atom. The molecule has 5 rings (SSSR count). The predicted octanol–water partition coefficient (Wildman–Crippen LogP) is -3.50. The fraction of sp³-hybridized carbons (Fsp3) is 0.667. The Morgan fingerprint density at radius 3 is 2.34 bits per heavy atom. The van der Waals surface area contributed by atoms with Crippen LogP contribution in [0.15, 0.2) is 12.7 Å². The van der Waals surface area contributed by atoms with Crippen LogP contribution in [-0.2, 0) is 36.7 Å². The molecule has 0 aromatic carbocycles. The van der Waals surface area contributed by atoms with Crippen LogP contribution in [-0.4, -0.2) is 91.0 Å². The predicted molar refractivity (Wildman–Crippen MR) is 103 cm³/mol. The third kappa shape index (κ3) is 4.74. The molecule has 194 valence electrons. The van der Waals surface area contributed by atoms with Crippen LogP contribution in [0.4, 0.5) is 5.82 Å². The largest absolute Gasteiger partial charge is 0.756 e. The van der Waals surface area contributed by atoms with Crippen molar-refractivity contribution >= 4 is 32.6 Å². The van der Waals surface area contributed by atoms with Gasteiger partial charge in [-0.3, -0.25) is 13.7 Å². The fourth-order valence-electron chi connectivity index (χ4n) is 3.93. The van der Waals surface area contributed by atoms with E-state index in [0.29, 0.717) is 0 Å². The molecule has 2 bridgehead atoms. The highest BCUT2D eigenvalue weighted by atomic mass is 31.3.